The summed E-state index contributed by atoms with van der Waals surface area (Å²) in [4.78, 5) is 44.6. The second-order valence-corrected chi connectivity index (χ2v) is 8.48. The highest BCUT2D eigenvalue weighted by Gasteiger charge is 2.27. The summed E-state index contributed by atoms with van der Waals surface area (Å²) in [5, 5.41) is 0. The Hall–Kier alpha value is -3.94. The van der Waals surface area contributed by atoms with Gasteiger partial charge in [-0.2, -0.15) is 0 Å². The van der Waals surface area contributed by atoms with Crippen molar-refractivity contribution in [2.24, 2.45) is 0 Å². The van der Waals surface area contributed by atoms with Crippen LogP contribution in [-0.4, -0.2) is 53.1 Å². The maximum absolute atomic E-state index is 13.0. The van der Waals surface area contributed by atoms with Crippen LogP contribution in [0, 0.1) is 6.92 Å². The molecule has 8 nitrogen and oxygen atoms in total. The van der Waals surface area contributed by atoms with Gasteiger partial charge in [0.2, 0.25) is 0 Å². The highest BCUT2D eigenvalue weighted by atomic mass is 16.5. The topological polar surface area (TPSA) is 90.7 Å². The van der Waals surface area contributed by atoms with Gasteiger partial charge in [0, 0.05) is 49.7 Å². The minimum Gasteiger partial charge on any atom is -0.492 e. The highest BCUT2D eigenvalue weighted by molar-refractivity contribution is 5.95. The van der Waals surface area contributed by atoms with E-state index in [0.29, 0.717) is 37.4 Å². The molecule has 0 N–H and O–H groups in total. The molecule has 0 saturated heterocycles. The quantitative estimate of drug-likeness (QED) is 0.385. The highest BCUT2D eigenvalue weighted by Crippen LogP contribution is 2.25. The van der Waals surface area contributed by atoms with Gasteiger partial charge in [0.15, 0.2) is 0 Å². The van der Waals surface area contributed by atoms with Crippen LogP contribution in [0.1, 0.15) is 44.1 Å². The summed E-state index contributed by atoms with van der Waals surface area (Å²) in [6.07, 6.45) is 3.44. The molecule has 0 radical (unpaired) electrons. The van der Waals surface area contributed by atoms with Crippen LogP contribution >= 0.6 is 0 Å². The van der Waals surface area contributed by atoms with Crippen LogP contribution in [-0.2, 0) is 24.1 Å². The van der Waals surface area contributed by atoms with Gasteiger partial charge < -0.3 is 18.9 Å². The number of aryl methyl sites for hydroxylation is 2. The third-order valence-electron chi connectivity index (χ3n) is 6.14. The Labute approximate surface area is 204 Å². The van der Waals surface area contributed by atoms with Crippen molar-refractivity contribution >= 4 is 11.9 Å². The van der Waals surface area contributed by atoms with Crippen molar-refractivity contribution in [3.05, 3.63) is 93.2 Å². The van der Waals surface area contributed by atoms with Gasteiger partial charge in [-0.15, -0.1) is 0 Å². The van der Waals surface area contributed by atoms with Crippen molar-refractivity contribution in [1.82, 2.24) is 14.5 Å². The molecule has 4 rings (SSSR count). The summed E-state index contributed by atoms with van der Waals surface area (Å²) in [5.74, 6) is -0.492. The van der Waals surface area contributed by atoms with E-state index in [1.165, 1.54) is 18.7 Å². The van der Waals surface area contributed by atoms with E-state index in [1.807, 2.05) is 37.3 Å². The summed E-state index contributed by atoms with van der Waals surface area (Å²) in [6.45, 7) is 3.19. The number of hydrogen-bond acceptors (Lipinski definition) is 6. The van der Waals surface area contributed by atoms with Crippen molar-refractivity contribution in [2.45, 2.75) is 32.7 Å². The maximum atomic E-state index is 13.0. The number of rotatable bonds is 7. The number of amides is 1. The van der Waals surface area contributed by atoms with Gasteiger partial charge in [0.1, 0.15) is 11.3 Å². The van der Waals surface area contributed by atoms with E-state index in [-0.39, 0.29) is 29.3 Å². The first-order chi connectivity index (χ1) is 17.0. The molecule has 1 aliphatic rings. The molecule has 1 aliphatic heterocycles. The molecule has 35 heavy (non-hydrogen) atoms. The van der Waals surface area contributed by atoms with E-state index in [0.717, 1.165) is 18.5 Å². The lowest BCUT2D eigenvalue weighted by Crippen LogP contribution is -2.34. The number of fused-ring (bicyclic) bond motifs is 1. The number of nitrogens with zero attached hydrogens (tertiary/aromatic N) is 3. The fourth-order valence-corrected chi connectivity index (χ4v) is 4.27. The molecule has 3 aromatic rings. The van der Waals surface area contributed by atoms with Crippen LogP contribution in [0.15, 0.2) is 59.5 Å². The van der Waals surface area contributed by atoms with Crippen molar-refractivity contribution in [1.29, 1.82) is 0 Å². The minimum absolute atomic E-state index is 0.157. The summed E-state index contributed by atoms with van der Waals surface area (Å²) < 4.78 is 12.5. The number of carbonyl (C=O) groups excluding carboxylic acids is 2. The second-order valence-electron chi connectivity index (χ2n) is 8.48. The first-order valence-corrected chi connectivity index (χ1v) is 11.7. The molecule has 0 spiro atoms. The Kier molecular flexibility index (Phi) is 7.60. The molecule has 0 bridgehead atoms. The maximum Gasteiger partial charge on any atom is 0.343 e. The van der Waals surface area contributed by atoms with Crippen LogP contribution in [0.25, 0.3) is 0 Å². The number of aromatic nitrogens is 2. The predicted octanol–water partition coefficient (Wildman–Crippen LogP) is 3.05. The number of esters is 1. The molecule has 1 aromatic carbocycles. The zero-order chi connectivity index (χ0) is 24.8. The first kappa shape index (κ1) is 24.2. The molecule has 3 heterocycles. The van der Waals surface area contributed by atoms with Gasteiger partial charge in [-0.25, -0.2) is 4.79 Å². The number of pyridine rings is 2. The number of methoxy groups -OCH3 is 1. The molecular weight excluding hydrogens is 446 g/mol. The molecule has 0 atom stereocenters. The number of carbonyl (C=O) groups is 2. The van der Waals surface area contributed by atoms with E-state index < -0.39 is 5.97 Å². The SMILES string of the molecule is COC(=O)c1c(OCCCc2ccccc2)cc(=O)n2c1CCN(C(=O)c1ccc(C)nc1)CC2. The Bertz CT molecular complexity index is 1250. The van der Waals surface area contributed by atoms with Crippen LogP contribution in [0.4, 0.5) is 0 Å². The molecule has 0 unspecified atom stereocenters. The smallest absolute Gasteiger partial charge is 0.343 e. The van der Waals surface area contributed by atoms with E-state index in [2.05, 4.69) is 4.98 Å². The van der Waals surface area contributed by atoms with Crippen molar-refractivity contribution in [3.8, 4) is 5.75 Å². The van der Waals surface area contributed by atoms with Gasteiger partial charge >= 0.3 is 5.97 Å². The van der Waals surface area contributed by atoms with Crippen molar-refractivity contribution in [3.63, 3.8) is 0 Å². The van der Waals surface area contributed by atoms with Crippen molar-refractivity contribution < 1.29 is 19.1 Å². The van der Waals surface area contributed by atoms with Crippen LogP contribution < -0.4 is 10.3 Å². The van der Waals surface area contributed by atoms with Gasteiger partial charge in [-0.05, 0) is 37.5 Å². The molecule has 2 aromatic heterocycles. The fraction of sp³-hybridized carbons (Fsp3) is 0.333. The third kappa shape index (κ3) is 5.59. The Balaban J connectivity index is 1.53. The molecule has 1 amide bonds. The number of ether oxygens (including phenoxy) is 2. The zero-order valence-corrected chi connectivity index (χ0v) is 20.0. The van der Waals surface area contributed by atoms with Crippen molar-refractivity contribution in [2.75, 3.05) is 26.8 Å². The molecule has 0 saturated carbocycles. The third-order valence-corrected chi connectivity index (χ3v) is 6.14. The van der Waals surface area contributed by atoms with Gasteiger partial charge in [0.05, 0.1) is 19.3 Å². The Morgan fingerprint density at radius 2 is 1.86 bits per heavy atom. The molecule has 0 fully saturated rings. The van der Waals surface area contributed by atoms with E-state index in [9.17, 15) is 14.4 Å². The average molecular weight is 476 g/mol. The molecule has 0 aliphatic carbocycles. The molecule has 8 heteroatoms. The Morgan fingerprint density at radius 3 is 2.57 bits per heavy atom. The van der Waals surface area contributed by atoms with E-state index >= 15 is 0 Å². The summed E-state index contributed by atoms with van der Waals surface area (Å²) >= 11 is 0. The summed E-state index contributed by atoms with van der Waals surface area (Å²) in [6, 6.07) is 14.9. The lowest BCUT2D eigenvalue weighted by atomic mass is 10.1. The lowest BCUT2D eigenvalue weighted by Gasteiger charge is -2.19. The van der Waals surface area contributed by atoms with Gasteiger partial charge in [-0.3, -0.25) is 14.6 Å². The minimum atomic E-state index is -0.561. The fourth-order valence-electron chi connectivity index (χ4n) is 4.27. The van der Waals surface area contributed by atoms with Gasteiger partial charge in [0.25, 0.3) is 11.5 Å². The predicted molar refractivity (Wildman–Crippen MR) is 131 cm³/mol. The average Bonchev–Trinajstić information content (AvgIpc) is 3.11. The normalized spacial score (nSPS) is 13.0. The Morgan fingerprint density at radius 1 is 1.06 bits per heavy atom. The summed E-state index contributed by atoms with van der Waals surface area (Å²) in [7, 11) is 1.31. The van der Waals surface area contributed by atoms with Crippen LogP contribution in [0.3, 0.4) is 0 Å². The number of hydrogen-bond donors (Lipinski definition) is 0. The molecule has 182 valence electrons. The zero-order valence-electron chi connectivity index (χ0n) is 20.0. The number of benzene rings is 1. The van der Waals surface area contributed by atoms with Gasteiger partial charge in [-0.1, -0.05) is 30.3 Å². The second kappa shape index (κ2) is 11.0. The largest absolute Gasteiger partial charge is 0.492 e. The van der Waals surface area contributed by atoms with E-state index in [4.69, 9.17) is 9.47 Å². The summed E-state index contributed by atoms with van der Waals surface area (Å²) in [5.41, 5.74) is 3.02. The first-order valence-electron chi connectivity index (χ1n) is 11.7. The monoisotopic (exact) mass is 475 g/mol. The van der Waals surface area contributed by atoms with Crippen LogP contribution in [0.5, 0.6) is 5.75 Å². The van der Waals surface area contributed by atoms with E-state index in [1.54, 1.807) is 27.8 Å². The lowest BCUT2D eigenvalue weighted by molar-refractivity contribution is 0.0593. The molecular formula is C27H29N3O5. The van der Waals surface area contributed by atoms with Crippen LogP contribution in [0.2, 0.25) is 0 Å². The standard InChI is InChI=1S/C27H29N3O5/c1-19-10-11-21(18-28-19)26(32)29-13-12-22-25(27(33)34-2)23(17-24(31)30(22)15-14-29)35-16-6-9-20-7-4-3-5-8-20/h3-5,7-8,10-11,17-18H,6,9,12-16H2,1-2H3.